The van der Waals surface area contributed by atoms with Crippen molar-refractivity contribution >= 4 is 11.3 Å². The molecule has 0 amide bonds. The molecule has 1 N–H and O–H groups in total. The van der Waals surface area contributed by atoms with Crippen LogP contribution in [0.15, 0.2) is 10.9 Å². The van der Waals surface area contributed by atoms with Crippen LogP contribution in [0.1, 0.15) is 25.5 Å². The summed E-state index contributed by atoms with van der Waals surface area (Å²) in [4.78, 5) is 4.21. The molecule has 0 spiro atoms. The topological polar surface area (TPSA) is 24.9 Å². The third-order valence-electron chi connectivity index (χ3n) is 1.75. The fourth-order valence-electron chi connectivity index (χ4n) is 1.00. The highest BCUT2D eigenvalue weighted by Crippen LogP contribution is 2.00. The predicted octanol–water partition coefficient (Wildman–Crippen LogP) is 2.08. The lowest BCUT2D eigenvalue weighted by atomic mass is 10.3. The summed E-state index contributed by atoms with van der Waals surface area (Å²) in [5.74, 6) is 0. The van der Waals surface area contributed by atoms with Gasteiger partial charge in [-0.05, 0) is 13.0 Å². The zero-order valence-corrected chi connectivity index (χ0v) is 8.36. The SMILES string of the molecule is CCCCNCCc1cscn1. The van der Waals surface area contributed by atoms with Crippen LogP contribution in [0.4, 0.5) is 0 Å². The number of aromatic nitrogens is 1. The van der Waals surface area contributed by atoms with Crippen molar-refractivity contribution < 1.29 is 0 Å². The molecule has 0 bridgehead atoms. The van der Waals surface area contributed by atoms with Crippen LogP contribution in [0.2, 0.25) is 0 Å². The number of hydrogen-bond acceptors (Lipinski definition) is 3. The average molecular weight is 184 g/mol. The summed E-state index contributed by atoms with van der Waals surface area (Å²) in [5, 5.41) is 5.50. The first-order valence-electron chi connectivity index (χ1n) is 4.51. The lowest BCUT2D eigenvalue weighted by Crippen LogP contribution is -2.18. The van der Waals surface area contributed by atoms with Gasteiger partial charge in [0.25, 0.3) is 0 Å². The second-order valence-corrected chi connectivity index (χ2v) is 3.55. The van der Waals surface area contributed by atoms with E-state index in [9.17, 15) is 0 Å². The number of nitrogens with zero attached hydrogens (tertiary/aromatic N) is 1. The molecule has 0 unspecified atom stereocenters. The zero-order valence-electron chi connectivity index (χ0n) is 7.55. The van der Waals surface area contributed by atoms with E-state index in [4.69, 9.17) is 0 Å². The summed E-state index contributed by atoms with van der Waals surface area (Å²) in [6.07, 6.45) is 3.61. The van der Waals surface area contributed by atoms with Gasteiger partial charge >= 0.3 is 0 Å². The Kier molecular flexibility index (Phi) is 4.95. The Hall–Kier alpha value is -0.410. The van der Waals surface area contributed by atoms with Crippen molar-refractivity contribution in [1.82, 2.24) is 10.3 Å². The highest BCUT2D eigenvalue weighted by Gasteiger charge is 1.92. The van der Waals surface area contributed by atoms with Crippen molar-refractivity contribution in [3.8, 4) is 0 Å². The maximum absolute atomic E-state index is 4.21. The molecule has 0 radical (unpaired) electrons. The van der Waals surface area contributed by atoms with Crippen molar-refractivity contribution in [2.45, 2.75) is 26.2 Å². The van der Waals surface area contributed by atoms with Gasteiger partial charge < -0.3 is 5.32 Å². The summed E-state index contributed by atoms with van der Waals surface area (Å²) in [5.41, 5.74) is 3.10. The van der Waals surface area contributed by atoms with Crippen LogP contribution in [0, 0.1) is 0 Å². The van der Waals surface area contributed by atoms with Crippen LogP contribution in [0.25, 0.3) is 0 Å². The van der Waals surface area contributed by atoms with Gasteiger partial charge in [-0.2, -0.15) is 0 Å². The lowest BCUT2D eigenvalue weighted by Gasteiger charge is -2.00. The number of unbranched alkanes of at least 4 members (excludes halogenated alkanes) is 1. The van der Waals surface area contributed by atoms with Gasteiger partial charge in [-0.25, -0.2) is 4.98 Å². The molecule has 0 fully saturated rings. The van der Waals surface area contributed by atoms with Gasteiger partial charge in [-0.15, -0.1) is 11.3 Å². The molecule has 1 aromatic heterocycles. The minimum Gasteiger partial charge on any atom is -0.316 e. The van der Waals surface area contributed by atoms with Gasteiger partial charge in [0.1, 0.15) is 0 Å². The summed E-state index contributed by atoms with van der Waals surface area (Å²) in [7, 11) is 0. The van der Waals surface area contributed by atoms with Gasteiger partial charge in [0.15, 0.2) is 0 Å². The first kappa shape index (κ1) is 9.68. The molecule has 68 valence electrons. The smallest absolute Gasteiger partial charge is 0.0794 e. The maximum Gasteiger partial charge on any atom is 0.0794 e. The Morgan fingerprint density at radius 2 is 2.42 bits per heavy atom. The summed E-state index contributed by atoms with van der Waals surface area (Å²) < 4.78 is 0. The molecule has 0 saturated carbocycles. The standard InChI is InChI=1S/C9H16N2S/c1-2-3-5-10-6-4-9-7-12-8-11-9/h7-8,10H,2-6H2,1H3. The van der Waals surface area contributed by atoms with Crippen LogP contribution in [-0.4, -0.2) is 18.1 Å². The van der Waals surface area contributed by atoms with E-state index in [-0.39, 0.29) is 0 Å². The molecule has 0 aliphatic rings. The first-order valence-corrected chi connectivity index (χ1v) is 5.45. The van der Waals surface area contributed by atoms with Gasteiger partial charge in [0.05, 0.1) is 11.2 Å². The van der Waals surface area contributed by atoms with Crippen LogP contribution in [0.5, 0.6) is 0 Å². The zero-order chi connectivity index (χ0) is 8.65. The van der Waals surface area contributed by atoms with E-state index >= 15 is 0 Å². The maximum atomic E-state index is 4.21. The highest BCUT2D eigenvalue weighted by molar-refractivity contribution is 7.07. The summed E-state index contributed by atoms with van der Waals surface area (Å²) >= 11 is 1.67. The fraction of sp³-hybridized carbons (Fsp3) is 0.667. The second kappa shape index (κ2) is 6.14. The molecule has 12 heavy (non-hydrogen) atoms. The average Bonchev–Trinajstić information content (AvgIpc) is 2.57. The van der Waals surface area contributed by atoms with Gasteiger partial charge in [0.2, 0.25) is 0 Å². The quantitative estimate of drug-likeness (QED) is 0.685. The molecule has 0 saturated heterocycles. The van der Waals surface area contributed by atoms with Gasteiger partial charge in [-0.3, -0.25) is 0 Å². The molecule has 0 aromatic carbocycles. The molecule has 1 heterocycles. The first-order chi connectivity index (χ1) is 5.93. The number of rotatable bonds is 6. The van der Waals surface area contributed by atoms with Crippen LogP contribution >= 0.6 is 11.3 Å². The number of thiazole rings is 1. The largest absolute Gasteiger partial charge is 0.316 e. The van der Waals surface area contributed by atoms with Crippen molar-refractivity contribution in [3.63, 3.8) is 0 Å². The van der Waals surface area contributed by atoms with E-state index in [0.717, 1.165) is 19.5 Å². The van der Waals surface area contributed by atoms with Crippen molar-refractivity contribution in [1.29, 1.82) is 0 Å². The summed E-state index contributed by atoms with van der Waals surface area (Å²) in [6, 6.07) is 0. The van der Waals surface area contributed by atoms with Crippen molar-refractivity contribution in [2.75, 3.05) is 13.1 Å². The second-order valence-electron chi connectivity index (χ2n) is 2.83. The molecular weight excluding hydrogens is 168 g/mol. The molecule has 1 aromatic rings. The molecule has 2 nitrogen and oxygen atoms in total. The molecule has 0 aliphatic heterocycles. The molecule has 0 atom stereocenters. The van der Waals surface area contributed by atoms with E-state index in [1.165, 1.54) is 18.5 Å². The van der Waals surface area contributed by atoms with E-state index in [0.29, 0.717) is 0 Å². The molecule has 1 rings (SSSR count). The Bertz CT molecular complexity index is 184. The fourth-order valence-corrected chi connectivity index (χ4v) is 1.60. The van der Waals surface area contributed by atoms with E-state index < -0.39 is 0 Å². The molecular formula is C9H16N2S. The minimum absolute atomic E-state index is 1.06. The summed E-state index contributed by atoms with van der Waals surface area (Å²) in [6.45, 7) is 4.41. The third-order valence-corrected chi connectivity index (χ3v) is 2.38. The Labute approximate surface area is 78.0 Å². The number of hydrogen-bond donors (Lipinski definition) is 1. The van der Waals surface area contributed by atoms with Crippen molar-refractivity contribution in [3.05, 3.63) is 16.6 Å². The van der Waals surface area contributed by atoms with Gasteiger partial charge in [0, 0.05) is 18.3 Å². The molecule has 3 heteroatoms. The Balaban J connectivity index is 1.96. The highest BCUT2D eigenvalue weighted by atomic mass is 32.1. The van der Waals surface area contributed by atoms with Crippen molar-refractivity contribution in [2.24, 2.45) is 0 Å². The van der Waals surface area contributed by atoms with E-state index in [1.54, 1.807) is 11.3 Å². The van der Waals surface area contributed by atoms with E-state index in [2.05, 4.69) is 22.6 Å². The van der Waals surface area contributed by atoms with Crippen LogP contribution in [-0.2, 0) is 6.42 Å². The Morgan fingerprint density at radius 1 is 1.50 bits per heavy atom. The number of nitrogens with one attached hydrogen (secondary N) is 1. The Morgan fingerprint density at radius 3 is 3.08 bits per heavy atom. The normalized spacial score (nSPS) is 10.4. The monoisotopic (exact) mass is 184 g/mol. The minimum atomic E-state index is 1.06. The third kappa shape index (κ3) is 3.83. The lowest BCUT2D eigenvalue weighted by molar-refractivity contribution is 0.637. The van der Waals surface area contributed by atoms with Gasteiger partial charge in [-0.1, -0.05) is 13.3 Å². The molecule has 0 aliphatic carbocycles. The predicted molar refractivity (Wildman–Crippen MR) is 53.6 cm³/mol. The van der Waals surface area contributed by atoms with E-state index in [1.807, 2.05) is 5.51 Å². The van der Waals surface area contributed by atoms with Crippen LogP contribution in [0.3, 0.4) is 0 Å². The van der Waals surface area contributed by atoms with Crippen LogP contribution < -0.4 is 5.32 Å².